The standard InChI is InChI=1S/C14H12FN3O3/c15-9-2-1-3-11(6-9)17-14(21)18-12-5-4-10(16-8-12)7-13(19)20/h1-6,8H,7H2,(H,19,20)(H2,17,18,21). The molecule has 0 radical (unpaired) electrons. The van der Waals surface area contributed by atoms with Gasteiger partial charge in [-0.25, -0.2) is 9.18 Å². The van der Waals surface area contributed by atoms with Gasteiger partial charge in [0.25, 0.3) is 0 Å². The third kappa shape index (κ3) is 4.57. The fraction of sp³-hybridized carbons (Fsp3) is 0.0714. The topological polar surface area (TPSA) is 91.3 Å². The summed E-state index contributed by atoms with van der Waals surface area (Å²) in [5, 5.41) is 13.6. The van der Waals surface area contributed by atoms with Crippen LogP contribution >= 0.6 is 0 Å². The lowest BCUT2D eigenvalue weighted by Crippen LogP contribution is -2.19. The van der Waals surface area contributed by atoms with Crippen LogP contribution in [0.15, 0.2) is 42.6 Å². The molecule has 0 aliphatic heterocycles. The van der Waals surface area contributed by atoms with Gasteiger partial charge in [-0.05, 0) is 30.3 Å². The summed E-state index contributed by atoms with van der Waals surface area (Å²) in [7, 11) is 0. The highest BCUT2D eigenvalue weighted by atomic mass is 19.1. The second-order valence-electron chi connectivity index (χ2n) is 4.20. The summed E-state index contributed by atoms with van der Waals surface area (Å²) in [5.74, 6) is -1.43. The maximum Gasteiger partial charge on any atom is 0.323 e. The fourth-order valence-electron chi connectivity index (χ4n) is 1.62. The molecule has 0 atom stereocenters. The van der Waals surface area contributed by atoms with Crippen molar-refractivity contribution in [2.24, 2.45) is 0 Å². The Bertz CT molecular complexity index is 659. The van der Waals surface area contributed by atoms with Crippen LogP contribution in [0.25, 0.3) is 0 Å². The molecular formula is C14H12FN3O3. The van der Waals surface area contributed by atoms with E-state index < -0.39 is 17.8 Å². The number of carboxylic acids is 1. The number of anilines is 2. The van der Waals surface area contributed by atoms with Crippen molar-refractivity contribution in [2.45, 2.75) is 6.42 Å². The Hall–Kier alpha value is -2.96. The van der Waals surface area contributed by atoms with Crippen molar-refractivity contribution >= 4 is 23.4 Å². The number of hydrogen-bond acceptors (Lipinski definition) is 3. The van der Waals surface area contributed by atoms with E-state index in [1.54, 1.807) is 6.07 Å². The minimum absolute atomic E-state index is 0.185. The molecule has 3 N–H and O–H groups in total. The van der Waals surface area contributed by atoms with Gasteiger partial charge in [0.1, 0.15) is 5.82 Å². The molecule has 1 aromatic carbocycles. The number of rotatable bonds is 4. The Morgan fingerprint density at radius 3 is 2.52 bits per heavy atom. The molecule has 7 heteroatoms. The molecule has 2 rings (SSSR count). The highest BCUT2D eigenvalue weighted by Crippen LogP contribution is 2.11. The molecule has 2 aromatic rings. The second-order valence-corrected chi connectivity index (χ2v) is 4.20. The lowest BCUT2D eigenvalue weighted by Gasteiger charge is -2.07. The van der Waals surface area contributed by atoms with Crippen molar-refractivity contribution in [1.82, 2.24) is 4.98 Å². The first-order valence-electron chi connectivity index (χ1n) is 6.03. The molecule has 0 aliphatic carbocycles. The van der Waals surface area contributed by atoms with E-state index in [0.717, 1.165) is 0 Å². The van der Waals surface area contributed by atoms with Crippen molar-refractivity contribution in [3.05, 3.63) is 54.1 Å². The molecule has 0 unspecified atom stereocenters. The van der Waals surface area contributed by atoms with Crippen LogP contribution in [0.4, 0.5) is 20.6 Å². The molecule has 0 saturated carbocycles. The van der Waals surface area contributed by atoms with Crippen LogP contribution < -0.4 is 10.6 Å². The average molecular weight is 289 g/mol. The normalized spacial score (nSPS) is 9.95. The predicted octanol–water partition coefficient (Wildman–Crippen LogP) is 2.49. The summed E-state index contributed by atoms with van der Waals surface area (Å²) >= 11 is 0. The van der Waals surface area contributed by atoms with E-state index in [2.05, 4.69) is 15.6 Å². The van der Waals surface area contributed by atoms with Gasteiger partial charge in [0.05, 0.1) is 24.0 Å². The van der Waals surface area contributed by atoms with E-state index in [-0.39, 0.29) is 6.42 Å². The number of aliphatic carboxylic acids is 1. The van der Waals surface area contributed by atoms with Crippen LogP contribution in [0.5, 0.6) is 0 Å². The largest absolute Gasteiger partial charge is 0.481 e. The molecule has 1 aromatic heterocycles. The molecular weight excluding hydrogens is 277 g/mol. The van der Waals surface area contributed by atoms with E-state index in [4.69, 9.17) is 5.11 Å². The average Bonchev–Trinajstić information content (AvgIpc) is 2.40. The van der Waals surface area contributed by atoms with Gasteiger partial charge in [0.15, 0.2) is 0 Å². The Kier molecular flexibility index (Phi) is 4.45. The van der Waals surface area contributed by atoms with Gasteiger partial charge in [-0.2, -0.15) is 0 Å². The number of hydrogen-bond donors (Lipinski definition) is 3. The van der Waals surface area contributed by atoms with Crippen LogP contribution in [-0.2, 0) is 11.2 Å². The molecule has 2 amide bonds. The zero-order chi connectivity index (χ0) is 15.2. The van der Waals surface area contributed by atoms with Crippen molar-refractivity contribution in [3.8, 4) is 0 Å². The number of amides is 2. The Morgan fingerprint density at radius 1 is 1.14 bits per heavy atom. The number of carboxylic acid groups (broad SMARTS) is 1. The SMILES string of the molecule is O=C(O)Cc1ccc(NC(=O)Nc2cccc(F)c2)cn1. The van der Waals surface area contributed by atoms with E-state index in [9.17, 15) is 14.0 Å². The lowest BCUT2D eigenvalue weighted by molar-refractivity contribution is -0.136. The summed E-state index contributed by atoms with van der Waals surface area (Å²) in [5.41, 5.74) is 1.11. The summed E-state index contributed by atoms with van der Waals surface area (Å²) in [4.78, 5) is 26.1. The maximum absolute atomic E-state index is 13.0. The van der Waals surface area contributed by atoms with Gasteiger partial charge in [-0.1, -0.05) is 6.07 Å². The van der Waals surface area contributed by atoms with E-state index in [0.29, 0.717) is 17.1 Å². The number of pyridine rings is 1. The van der Waals surface area contributed by atoms with Crippen LogP contribution in [-0.4, -0.2) is 22.1 Å². The van der Waals surface area contributed by atoms with Crippen LogP contribution in [0, 0.1) is 5.82 Å². The molecule has 0 fully saturated rings. The van der Waals surface area contributed by atoms with Gasteiger partial charge < -0.3 is 15.7 Å². The minimum Gasteiger partial charge on any atom is -0.481 e. The number of halogens is 1. The van der Waals surface area contributed by atoms with Gasteiger partial charge >= 0.3 is 12.0 Å². The molecule has 0 bridgehead atoms. The predicted molar refractivity (Wildman–Crippen MR) is 74.6 cm³/mol. The van der Waals surface area contributed by atoms with Crippen LogP contribution in [0.1, 0.15) is 5.69 Å². The molecule has 0 spiro atoms. The van der Waals surface area contributed by atoms with Crippen molar-refractivity contribution in [3.63, 3.8) is 0 Å². The Balaban J connectivity index is 1.95. The molecule has 108 valence electrons. The van der Waals surface area contributed by atoms with E-state index >= 15 is 0 Å². The molecule has 0 saturated heterocycles. The minimum atomic E-state index is -0.980. The second kappa shape index (κ2) is 6.47. The number of benzene rings is 1. The van der Waals surface area contributed by atoms with Crippen molar-refractivity contribution in [1.29, 1.82) is 0 Å². The van der Waals surface area contributed by atoms with Crippen molar-refractivity contribution in [2.75, 3.05) is 10.6 Å². The number of aromatic nitrogens is 1. The first-order valence-corrected chi connectivity index (χ1v) is 6.03. The number of urea groups is 1. The summed E-state index contributed by atoms with van der Waals surface area (Å²) < 4.78 is 13.0. The highest BCUT2D eigenvalue weighted by molar-refractivity contribution is 5.99. The maximum atomic E-state index is 13.0. The highest BCUT2D eigenvalue weighted by Gasteiger charge is 2.05. The zero-order valence-electron chi connectivity index (χ0n) is 10.8. The van der Waals surface area contributed by atoms with E-state index in [1.165, 1.54) is 36.5 Å². The Labute approximate surface area is 119 Å². The van der Waals surface area contributed by atoms with Gasteiger partial charge in [0.2, 0.25) is 0 Å². The summed E-state index contributed by atoms with van der Waals surface area (Å²) in [6.45, 7) is 0. The number of nitrogens with one attached hydrogen (secondary N) is 2. The lowest BCUT2D eigenvalue weighted by atomic mass is 10.2. The van der Waals surface area contributed by atoms with Crippen LogP contribution in [0.3, 0.4) is 0 Å². The molecule has 0 aliphatic rings. The number of carbonyl (C=O) groups is 2. The molecule has 1 heterocycles. The van der Waals surface area contributed by atoms with E-state index in [1.807, 2.05) is 0 Å². The first-order chi connectivity index (χ1) is 10.0. The van der Waals surface area contributed by atoms with Gasteiger partial charge in [0, 0.05) is 5.69 Å². The van der Waals surface area contributed by atoms with Gasteiger partial charge in [-0.3, -0.25) is 9.78 Å². The first kappa shape index (κ1) is 14.4. The number of carbonyl (C=O) groups excluding carboxylic acids is 1. The molecule has 6 nitrogen and oxygen atoms in total. The summed E-state index contributed by atoms with van der Waals surface area (Å²) in [6.07, 6.45) is 1.17. The quantitative estimate of drug-likeness (QED) is 0.806. The third-order valence-corrected chi connectivity index (χ3v) is 2.50. The smallest absolute Gasteiger partial charge is 0.323 e. The summed E-state index contributed by atoms with van der Waals surface area (Å²) in [6, 6.07) is 7.99. The van der Waals surface area contributed by atoms with Gasteiger partial charge in [-0.15, -0.1) is 0 Å². The monoisotopic (exact) mass is 289 g/mol. The van der Waals surface area contributed by atoms with Crippen LogP contribution in [0.2, 0.25) is 0 Å². The van der Waals surface area contributed by atoms with Crippen molar-refractivity contribution < 1.29 is 19.1 Å². The molecule has 21 heavy (non-hydrogen) atoms. The third-order valence-electron chi connectivity index (χ3n) is 2.50. The number of nitrogens with zero attached hydrogens (tertiary/aromatic N) is 1. The fourth-order valence-corrected chi connectivity index (χ4v) is 1.62. The Morgan fingerprint density at radius 2 is 1.90 bits per heavy atom. The zero-order valence-corrected chi connectivity index (χ0v) is 10.8.